The lowest BCUT2D eigenvalue weighted by atomic mass is 10.2. The van der Waals surface area contributed by atoms with Gasteiger partial charge in [0.05, 0.1) is 15.7 Å². The van der Waals surface area contributed by atoms with E-state index in [1.165, 1.54) is 11.3 Å². The fraction of sp³-hybridized carbons (Fsp3) is 0.111. The predicted octanol–water partition coefficient (Wildman–Crippen LogP) is 3.37. The van der Waals surface area contributed by atoms with Gasteiger partial charge in [0.25, 0.3) is 5.91 Å². The number of thiazole rings is 1. The molecule has 1 aliphatic heterocycles. The van der Waals surface area contributed by atoms with Gasteiger partial charge in [-0.15, -0.1) is 16.4 Å². The molecule has 0 unspecified atom stereocenters. The van der Waals surface area contributed by atoms with Crippen molar-refractivity contribution in [1.82, 2.24) is 15.2 Å². The lowest BCUT2D eigenvalue weighted by molar-refractivity contribution is 0.102. The Balaban J connectivity index is 1.36. The first-order valence-corrected chi connectivity index (χ1v) is 9.02. The number of carbonyl (C=O) groups is 1. The minimum atomic E-state index is -0.331. The van der Waals surface area contributed by atoms with Gasteiger partial charge in [0, 0.05) is 11.1 Å². The summed E-state index contributed by atoms with van der Waals surface area (Å²) in [6, 6.07) is 10.7. The van der Waals surface area contributed by atoms with E-state index < -0.39 is 0 Å². The van der Waals surface area contributed by atoms with E-state index in [1.54, 1.807) is 41.9 Å². The first kappa shape index (κ1) is 15.8. The molecule has 4 aromatic rings. The van der Waals surface area contributed by atoms with Gasteiger partial charge in [-0.2, -0.15) is 0 Å². The van der Waals surface area contributed by atoms with Crippen LogP contribution in [0.2, 0.25) is 0 Å². The summed E-state index contributed by atoms with van der Waals surface area (Å²) in [5.41, 5.74) is 3.77. The SMILES string of the molecule is O=C(Nc1nnc(-c2ccc3c(c2)OCCO3)o1)c1ccc2ncsc2c1. The summed E-state index contributed by atoms with van der Waals surface area (Å²) in [6.07, 6.45) is 0. The van der Waals surface area contributed by atoms with Gasteiger partial charge in [0.1, 0.15) is 13.2 Å². The molecule has 1 N–H and O–H groups in total. The highest BCUT2D eigenvalue weighted by molar-refractivity contribution is 7.16. The van der Waals surface area contributed by atoms with Crippen LogP contribution in [-0.4, -0.2) is 34.3 Å². The van der Waals surface area contributed by atoms with Crippen LogP contribution >= 0.6 is 11.3 Å². The van der Waals surface area contributed by atoms with Gasteiger partial charge < -0.3 is 13.9 Å². The predicted molar refractivity (Wildman–Crippen MR) is 98.3 cm³/mol. The second kappa shape index (κ2) is 6.36. The van der Waals surface area contributed by atoms with E-state index in [2.05, 4.69) is 20.5 Å². The molecule has 2 aromatic heterocycles. The molecule has 8 nitrogen and oxygen atoms in total. The number of rotatable bonds is 3. The molecule has 0 aliphatic carbocycles. The highest BCUT2D eigenvalue weighted by Gasteiger charge is 2.17. The number of nitrogens with one attached hydrogen (secondary N) is 1. The third-order valence-electron chi connectivity index (χ3n) is 4.03. The topological polar surface area (TPSA) is 99.4 Å². The van der Waals surface area contributed by atoms with Gasteiger partial charge in [-0.25, -0.2) is 4.98 Å². The molecule has 0 saturated heterocycles. The molecule has 5 rings (SSSR count). The minimum absolute atomic E-state index is 0.0225. The Morgan fingerprint density at radius 3 is 2.85 bits per heavy atom. The monoisotopic (exact) mass is 380 g/mol. The van der Waals surface area contributed by atoms with Crippen LogP contribution in [0.4, 0.5) is 6.01 Å². The van der Waals surface area contributed by atoms with Crippen molar-refractivity contribution < 1.29 is 18.7 Å². The summed E-state index contributed by atoms with van der Waals surface area (Å²) in [4.78, 5) is 16.6. The molecular weight excluding hydrogens is 368 g/mol. The molecule has 2 aromatic carbocycles. The van der Waals surface area contributed by atoms with Crippen molar-refractivity contribution in [3.8, 4) is 23.0 Å². The molecule has 0 saturated carbocycles. The Morgan fingerprint density at radius 2 is 1.93 bits per heavy atom. The van der Waals surface area contributed by atoms with Gasteiger partial charge in [0.15, 0.2) is 11.5 Å². The summed E-state index contributed by atoms with van der Waals surface area (Å²) in [7, 11) is 0. The average molecular weight is 380 g/mol. The second-order valence-electron chi connectivity index (χ2n) is 5.76. The van der Waals surface area contributed by atoms with Gasteiger partial charge in [-0.05, 0) is 36.4 Å². The molecular formula is C18H12N4O4S. The standard InChI is InChI=1S/C18H12N4O4S/c23-16(10-1-3-12-15(8-10)27-9-19-12)20-18-22-21-17(26-18)11-2-4-13-14(7-11)25-6-5-24-13/h1-4,7-9H,5-6H2,(H,20,22,23). The largest absolute Gasteiger partial charge is 0.486 e. The van der Waals surface area contributed by atoms with Crippen LogP contribution in [0, 0.1) is 0 Å². The van der Waals surface area contributed by atoms with Gasteiger partial charge >= 0.3 is 6.01 Å². The fourth-order valence-corrected chi connectivity index (χ4v) is 3.45. The van der Waals surface area contributed by atoms with Crippen molar-refractivity contribution in [3.05, 3.63) is 47.5 Å². The van der Waals surface area contributed by atoms with Crippen molar-refractivity contribution in [2.24, 2.45) is 0 Å². The van der Waals surface area contributed by atoms with E-state index >= 15 is 0 Å². The number of anilines is 1. The number of amides is 1. The first-order chi connectivity index (χ1) is 13.3. The summed E-state index contributed by atoms with van der Waals surface area (Å²) in [5.74, 6) is 1.25. The third kappa shape index (κ3) is 2.97. The maximum atomic E-state index is 12.4. The van der Waals surface area contributed by atoms with E-state index in [0.717, 1.165) is 10.2 Å². The molecule has 0 spiro atoms. The Hall–Kier alpha value is -3.46. The van der Waals surface area contributed by atoms with E-state index in [0.29, 0.717) is 35.8 Å². The molecule has 0 radical (unpaired) electrons. The van der Waals surface area contributed by atoms with Gasteiger partial charge in [-0.3, -0.25) is 10.1 Å². The van der Waals surface area contributed by atoms with E-state index in [9.17, 15) is 4.79 Å². The second-order valence-corrected chi connectivity index (χ2v) is 6.65. The number of aromatic nitrogens is 3. The maximum Gasteiger partial charge on any atom is 0.322 e. The zero-order valence-electron chi connectivity index (χ0n) is 13.8. The Bertz CT molecular complexity index is 1150. The third-order valence-corrected chi connectivity index (χ3v) is 4.82. The number of carbonyl (C=O) groups excluding carboxylic acids is 1. The van der Waals surface area contributed by atoms with Crippen molar-refractivity contribution in [2.75, 3.05) is 18.5 Å². The van der Waals surface area contributed by atoms with Crippen molar-refractivity contribution in [2.45, 2.75) is 0 Å². The number of fused-ring (bicyclic) bond motifs is 2. The molecule has 0 bridgehead atoms. The molecule has 9 heteroatoms. The molecule has 3 heterocycles. The van der Waals surface area contributed by atoms with Crippen LogP contribution in [0.25, 0.3) is 21.7 Å². The summed E-state index contributed by atoms with van der Waals surface area (Å²) >= 11 is 1.47. The lowest BCUT2D eigenvalue weighted by Gasteiger charge is -2.18. The number of hydrogen-bond donors (Lipinski definition) is 1. The fourth-order valence-electron chi connectivity index (χ4n) is 2.73. The number of nitrogens with zero attached hydrogens (tertiary/aromatic N) is 3. The molecule has 1 aliphatic rings. The van der Waals surface area contributed by atoms with Crippen molar-refractivity contribution in [3.63, 3.8) is 0 Å². The molecule has 0 atom stereocenters. The van der Waals surface area contributed by atoms with Crippen LogP contribution in [-0.2, 0) is 0 Å². The summed E-state index contributed by atoms with van der Waals surface area (Å²) < 4.78 is 17.5. The number of benzene rings is 2. The highest BCUT2D eigenvalue weighted by atomic mass is 32.1. The van der Waals surface area contributed by atoms with Crippen LogP contribution < -0.4 is 14.8 Å². The summed E-state index contributed by atoms with van der Waals surface area (Å²) in [6.45, 7) is 1.02. The minimum Gasteiger partial charge on any atom is -0.486 e. The zero-order chi connectivity index (χ0) is 18.2. The number of ether oxygens (including phenoxy) is 2. The Morgan fingerprint density at radius 1 is 1.04 bits per heavy atom. The normalized spacial score (nSPS) is 12.9. The molecule has 134 valence electrons. The smallest absolute Gasteiger partial charge is 0.322 e. The average Bonchev–Trinajstić information content (AvgIpc) is 3.36. The highest BCUT2D eigenvalue weighted by Crippen LogP contribution is 2.34. The van der Waals surface area contributed by atoms with Crippen molar-refractivity contribution in [1.29, 1.82) is 0 Å². The van der Waals surface area contributed by atoms with Gasteiger partial charge in [0.2, 0.25) is 5.89 Å². The van der Waals surface area contributed by atoms with Crippen LogP contribution in [0.1, 0.15) is 10.4 Å². The van der Waals surface area contributed by atoms with Crippen molar-refractivity contribution >= 4 is 33.5 Å². The van der Waals surface area contributed by atoms with Crippen LogP contribution in [0.15, 0.2) is 46.3 Å². The first-order valence-electron chi connectivity index (χ1n) is 8.14. The van der Waals surface area contributed by atoms with Crippen LogP contribution in [0.5, 0.6) is 11.5 Å². The Labute approximate surface area is 156 Å². The quantitative estimate of drug-likeness (QED) is 0.582. The van der Waals surface area contributed by atoms with Crippen LogP contribution in [0.3, 0.4) is 0 Å². The molecule has 0 fully saturated rings. The van der Waals surface area contributed by atoms with E-state index in [-0.39, 0.29) is 17.8 Å². The molecule has 1 amide bonds. The lowest BCUT2D eigenvalue weighted by Crippen LogP contribution is -2.15. The van der Waals surface area contributed by atoms with E-state index in [4.69, 9.17) is 13.9 Å². The van der Waals surface area contributed by atoms with E-state index in [1.807, 2.05) is 0 Å². The number of hydrogen-bond acceptors (Lipinski definition) is 8. The summed E-state index contributed by atoms with van der Waals surface area (Å²) in [5, 5.41) is 10.5. The van der Waals surface area contributed by atoms with Gasteiger partial charge in [-0.1, -0.05) is 5.10 Å². The zero-order valence-corrected chi connectivity index (χ0v) is 14.7. The molecule has 27 heavy (non-hydrogen) atoms. The maximum absolute atomic E-state index is 12.4. The Kier molecular flexibility index (Phi) is 3.72.